The smallest absolute Gasteiger partial charge is 0.347 e. The first-order chi connectivity index (χ1) is 13.6. The highest BCUT2D eigenvalue weighted by molar-refractivity contribution is 6.04. The second kappa shape index (κ2) is 9.27. The highest BCUT2D eigenvalue weighted by atomic mass is 16.5. The van der Waals surface area contributed by atoms with Crippen molar-refractivity contribution >= 4 is 16.7 Å². The van der Waals surface area contributed by atoms with Gasteiger partial charge in [0.2, 0.25) is 0 Å². The lowest BCUT2D eigenvalue weighted by Gasteiger charge is -2.15. The van der Waals surface area contributed by atoms with Crippen molar-refractivity contribution in [3.8, 4) is 17.2 Å². The van der Waals surface area contributed by atoms with Gasteiger partial charge < -0.3 is 14.6 Å². The second-order valence-corrected chi connectivity index (χ2v) is 6.76. The summed E-state index contributed by atoms with van der Waals surface area (Å²) >= 11 is 0. The van der Waals surface area contributed by atoms with E-state index in [1.54, 1.807) is 30.3 Å². The van der Waals surface area contributed by atoms with E-state index in [1.807, 2.05) is 24.3 Å². The number of phenolic OH excluding ortho intramolecular Hbond substituents is 1. The molecule has 0 atom stereocenters. The first kappa shape index (κ1) is 19.7. The van der Waals surface area contributed by atoms with E-state index in [4.69, 9.17) is 9.47 Å². The number of para-hydroxylation sites is 1. The average molecular weight is 378 g/mol. The lowest BCUT2D eigenvalue weighted by molar-refractivity contribution is 0.0731. The number of phenols is 1. The van der Waals surface area contributed by atoms with Gasteiger partial charge in [0.05, 0.1) is 6.61 Å². The molecule has 0 aliphatic heterocycles. The Balaban J connectivity index is 1.99. The van der Waals surface area contributed by atoms with Crippen molar-refractivity contribution in [3.05, 3.63) is 65.7 Å². The molecule has 0 aliphatic rings. The van der Waals surface area contributed by atoms with Gasteiger partial charge in [0.15, 0.2) is 0 Å². The number of benzene rings is 3. The summed E-state index contributed by atoms with van der Waals surface area (Å²) in [5, 5.41) is 12.1. The Hall–Kier alpha value is -3.01. The predicted molar refractivity (Wildman–Crippen MR) is 111 cm³/mol. The van der Waals surface area contributed by atoms with E-state index in [0.717, 1.165) is 36.6 Å². The molecule has 0 aliphatic carbocycles. The molecule has 28 heavy (non-hydrogen) atoms. The average Bonchev–Trinajstić information content (AvgIpc) is 2.73. The molecule has 0 fully saturated rings. The molecular formula is C24H26O4. The summed E-state index contributed by atoms with van der Waals surface area (Å²) in [5.74, 6) is 0.334. The van der Waals surface area contributed by atoms with E-state index in [2.05, 4.69) is 13.8 Å². The minimum absolute atomic E-state index is 0.0838. The summed E-state index contributed by atoms with van der Waals surface area (Å²) in [7, 11) is 0. The van der Waals surface area contributed by atoms with Crippen LogP contribution in [0.5, 0.6) is 17.2 Å². The van der Waals surface area contributed by atoms with E-state index in [1.165, 1.54) is 0 Å². The maximum atomic E-state index is 12.7. The molecule has 0 radical (unpaired) electrons. The lowest BCUT2D eigenvalue weighted by atomic mass is 10.0. The minimum Gasteiger partial charge on any atom is -0.506 e. The predicted octanol–water partition coefficient (Wildman–Crippen LogP) is 5.90. The molecule has 0 saturated heterocycles. The molecule has 0 saturated carbocycles. The van der Waals surface area contributed by atoms with Crippen molar-refractivity contribution < 1.29 is 19.4 Å². The summed E-state index contributed by atoms with van der Waals surface area (Å²) in [6.07, 6.45) is 4.01. The Kier molecular flexibility index (Phi) is 6.53. The highest BCUT2D eigenvalue weighted by Crippen LogP contribution is 2.37. The Bertz CT molecular complexity index is 948. The largest absolute Gasteiger partial charge is 0.506 e. The molecule has 0 heterocycles. The van der Waals surface area contributed by atoms with Gasteiger partial charge in [0.1, 0.15) is 22.8 Å². The third-order valence-corrected chi connectivity index (χ3v) is 4.72. The highest BCUT2D eigenvalue weighted by Gasteiger charge is 2.20. The normalized spacial score (nSPS) is 10.8. The Labute approximate surface area is 165 Å². The van der Waals surface area contributed by atoms with Gasteiger partial charge in [-0.25, -0.2) is 4.79 Å². The third-order valence-electron chi connectivity index (χ3n) is 4.72. The molecule has 3 rings (SSSR count). The van der Waals surface area contributed by atoms with E-state index < -0.39 is 5.97 Å². The second-order valence-electron chi connectivity index (χ2n) is 6.76. The van der Waals surface area contributed by atoms with Crippen LogP contribution in [0.15, 0.2) is 54.6 Å². The van der Waals surface area contributed by atoms with Crippen LogP contribution >= 0.6 is 0 Å². The van der Waals surface area contributed by atoms with Crippen LogP contribution in [-0.2, 0) is 6.42 Å². The van der Waals surface area contributed by atoms with E-state index in [9.17, 15) is 9.90 Å². The SMILES string of the molecule is CCCCCOc1cc(C(=O)Oc2ccccc2)c(O)c2ccc(CC)cc12. The summed E-state index contributed by atoms with van der Waals surface area (Å²) in [5.41, 5.74) is 1.25. The van der Waals surface area contributed by atoms with Gasteiger partial charge in [-0.05, 0) is 42.7 Å². The Morgan fingerprint density at radius 1 is 0.964 bits per heavy atom. The first-order valence-corrected chi connectivity index (χ1v) is 9.82. The molecule has 4 nitrogen and oxygen atoms in total. The van der Waals surface area contributed by atoms with Gasteiger partial charge in [-0.2, -0.15) is 0 Å². The zero-order valence-electron chi connectivity index (χ0n) is 16.4. The molecular weight excluding hydrogens is 352 g/mol. The fraction of sp³-hybridized carbons (Fsp3) is 0.292. The molecule has 0 bridgehead atoms. The maximum absolute atomic E-state index is 12.7. The number of rotatable bonds is 8. The van der Waals surface area contributed by atoms with Crippen molar-refractivity contribution in [2.75, 3.05) is 6.61 Å². The molecule has 146 valence electrons. The summed E-state index contributed by atoms with van der Waals surface area (Å²) in [6, 6.07) is 16.2. The van der Waals surface area contributed by atoms with E-state index >= 15 is 0 Å². The number of unbranched alkanes of at least 4 members (excludes halogenated alkanes) is 2. The quantitative estimate of drug-likeness (QED) is 0.301. The van der Waals surface area contributed by atoms with Crippen LogP contribution in [0.3, 0.4) is 0 Å². The molecule has 3 aromatic carbocycles. The van der Waals surface area contributed by atoms with Gasteiger partial charge in [-0.15, -0.1) is 0 Å². The van der Waals surface area contributed by atoms with Crippen LogP contribution in [0.1, 0.15) is 49.0 Å². The molecule has 0 aromatic heterocycles. The van der Waals surface area contributed by atoms with Crippen molar-refractivity contribution in [1.29, 1.82) is 0 Å². The molecule has 0 amide bonds. The molecule has 1 N–H and O–H groups in total. The number of hydrogen-bond donors (Lipinski definition) is 1. The first-order valence-electron chi connectivity index (χ1n) is 9.82. The van der Waals surface area contributed by atoms with Crippen LogP contribution in [-0.4, -0.2) is 17.7 Å². The van der Waals surface area contributed by atoms with Crippen molar-refractivity contribution in [3.63, 3.8) is 0 Å². The summed E-state index contributed by atoms with van der Waals surface area (Å²) in [6.45, 7) is 4.78. The zero-order chi connectivity index (χ0) is 19.9. The van der Waals surface area contributed by atoms with Crippen LogP contribution in [0.25, 0.3) is 10.8 Å². The molecule has 0 spiro atoms. The van der Waals surface area contributed by atoms with Crippen molar-refractivity contribution in [1.82, 2.24) is 0 Å². The van der Waals surface area contributed by atoms with Crippen LogP contribution < -0.4 is 9.47 Å². The number of fused-ring (bicyclic) bond motifs is 1. The minimum atomic E-state index is -0.608. The number of hydrogen-bond acceptors (Lipinski definition) is 4. The van der Waals surface area contributed by atoms with E-state index in [-0.39, 0.29) is 11.3 Å². The number of aromatic hydroxyl groups is 1. The third kappa shape index (κ3) is 4.45. The number of carbonyl (C=O) groups excluding carboxylic acids is 1. The number of esters is 1. The summed E-state index contributed by atoms with van der Waals surface area (Å²) < 4.78 is 11.4. The van der Waals surface area contributed by atoms with Gasteiger partial charge >= 0.3 is 5.97 Å². The van der Waals surface area contributed by atoms with Crippen molar-refractivity contribution in [2.24, 2.45) is 0 Å². The van der Waals surface area contributed by atoms with Gasteiger partial charge in [-0.1, -0.05) is 57.0 Å². The number of ether oxygens (including phenoxy) is 2. The van der Waals surface area contributed by atoms with Crippen molar-refractivity contribution in [2.45, 2.75) is 39.5 Å². The van der Waals surface area contributed by atoms with Crippen LogP contribution in [0.2, 0.25) is 0 Å². The van der Waals surface area contributed by atoms with Gasteiger partial charge in [-0.3, -0.25) is 0 Å². The van der Waals surface area contributed by atoms with Crippen LogP contribution in [0, 0.1) is 0 Å². The zero-order valence-corrected chi connectivity index (χ0v) is 16.4. The molecule has 0 unspecified atom stereocenters. The summed E-state index contributed by atoms with van der Waals surface area (Å²) in [4.78, 5) is 12.7. The van der Waals surface area contributed by atoms with Gasteiger partial charge in [0.25, 0.3) is 0 Å². The molecule has 4 heteroatoms. The Morgan fingerprint density at radius 2 is 1.75 bits per heavy atom. The Morgan fingerprint density at radius 3 is 2.46 bits per heavy atom. The number of carbonyl (C=O) groups is 1. The monoisotopic (exact) mass is 378 g/mol. The van der Waals surface area contributed by atoms with E-state index in [0.29, 0.717) is 23.5 Å². The fourth-order valence-corrected chi connectivity index (χ4v) is 3.10. The number of aryl methyl sites for hydroxylation is 1. The lowest BCUT2D eigenvalue weighted by Crippen LogP contribution is -2.10. The van der Waals surface area contributed by atoms with Gasteiger partial charge in [0, 0.05) is 10.8 Å². The molecule has 3 aromatic rings. The standard InChI is InChI=1S/C24H26O4/c1-3-5-9-14-27-22-16-21(24(26)28-18-10-7-6-8-11-18)23(25)19-13-12-17(4-2)15-20(19)22/h6-8,10-13,15-16,25H,3-5,9,14H2,1-2H3. The maximum Gasteiger partial charge on any atom is 0.347 e. The fourth-order valence-electron chi connectivity index (χ4n) is 3.10. The topological polar surface area (TPSA) is 55.8 Å². The van der Waals surface area contributed by atoms with Crippen LogP contribution in [0.4, 0.5) is 0 Å².